The zero-order valence-electron chi connectivity index (χ0n) is 15.8. The number of fused-ring (bicyclic) bond motifs is 4. The Morgan fingerprint density at radius 2 is 1.27 bits per heavy atom. The minimum Gasteiger partial charge on any atom is -0.216 e. The van der Waals surface area contributed by atoms with E-state index in [9.17, 15) is 0 Å². The zero-order valence-corrected chi connectivity index (χ0v) is 17.4. The summed E-state index contributed by atoms with van der Waals surface area (Å²) >= 11 is 8.08. The van der Waals surface area contributed by atoms with E-state index in [1.807, 2.05) is 6.07 Å². The second kappa shape index (κ2) is 6.91. The van der Waals surface area contributed by atoms with Gasteiger partial charge in [-0.1, -0.05) is 78.9 Å². The van der Waals surface area contributed by atoms with Gasteiger partial charge in [-0.15, -0.1) is 11.3 Å². The van der Waals surface area contributed by atoms with Crippen molar-refractivity contribution in [3.8, 4) is 22.4 Å². The molecule has 2 heterocycles. The molecular weight excluding hydrogens is 408 g/mol. The molecule has 0 aliphatic rings. The van der Waals surface area contributed by atoms with Gasteiger partial charge in [-0.25, -0.2) is 9.97 Å². The van der Waals surface area contributed by atoms with Crippen LogP contribution >= 0.6 is 22.9 Å². The van der Waals surface area contributed by atoms with Crippen molar-refractivity contribution in [2.45, 2.75) is 0 Å². The Hall–Kier alpha value is -3.27. The summed E-state index contributed by atoms with van der Waals surface area (Å²) in [6.07, 6.45) is 0. The van der Waals surface area contributed by atoms with Gasteiger partial charge in [-0.3, -0.25) is 0 Å². The number of hydrogen-bond acceptors (Lipinski definition) is 3. The summed E-state index contributed by atoms with van der Waals surface area (Å²) in [4.78, 5) is 9.19. The molecule has 4 aromatic carbocycles. The van der Waals surface area contributed by atoms with Crippen molar-refractivity contribution < 1.29 is 0 Å². The highest BCUT2D eigenvalue weighted by atomic mass is 35.5. The van der Waals surface area contributed by atoms with E-state index >= 15 is 0 Å². The lowest BCUT2D eigenvalue weighted by atomic mass is 10.0. The van der Waals surface area contributed by atoms with Crippen LogP contribution in [0.15, 0.2) is 91.0 Å². The maximum absolute atomic E-state index is 6.36. The molecule has 142 valence electrons. The van der Waals surface area contributed by atoms with Gasteiger partial charge in [0.25, 0.3) is 0 Å². The second-order valence-corrected chi connectivity index (χ2v) is 8.65. The average Bonchev–Trinajstić information content (AvgIpc) is 3.15. The van der Waals surface area contributed by atoms with Gasteiger partial charge in [0.2, 0.25) is 5.28 Å². The fraction of sp³-hybridized carbons (Fsp3) is 0. The molecule has 0 saturated carbocycles. The molecule has 0 amide bonds. The van der Waals surface area contributed by atoms with Crippen LogP contribution in [0.5, 0.6) is 0 Å². The average molecular weight is 423 g/mol. The molecule has 30 heavy (non-hydrogen) atoms. The molecule has 0 saturated heterocycles. The van der Waals surface area contributed by atoms with Crippen molar-refractivity contribution in [3.63, 3.8) is 0 Å². The monoisotopic (exact) mass is 422 g/mol. The maximum Gasteiger partial charge on any atom is 0.223 e. The van der Waals surface area contributed by atoms with Gasteiger partial charge in [0, 0.05) is 15.6 Å². The molecule has 0 fully saturated rings. The van der Waals surface area contributed by atoms with E-state index in [0.717, 1.165) is 26.9 Å². The molecule has 4 heteroatoms. The number of benzene rings is 4. The predicted octanol–water partition coefficient (Wildman–Crippen LogP) is 7.99. The van der Waals surface area contributed by atoms with Crippen molar-refractivity contribution in [1.29, 1.82) is 0 Å². The van der Waals surface area contributed by atoms with Crippen LogP contribution in [-0.2, 0) is 0 Å². The number of nitrogens with zero attached hydrogens (tertiary/aromatic N) is 2. The summed E-state index contributed by atoms with van der Waals surface area (Å²) in [5.74, 6) is 0. The van der Waals surface area contributed by atoms with E-state index in [2.05, 4.69) is 94.9 Å². The molecule has 0 radical (unpaired) electrons. The Labute approximate surface area is 182 Å². The topological polar surface area (TPSA) is 25.8 Å². The molecule has 0 bridgehead atoms. The van der Waals surface area contributed by atoms with Crippen LogP contribution in [0.3, 0.4) is 0 Å². The summed E-state index contributed by atoms with van der Waals surface area (Å²) in [6, 6.07) is 31.7. The first kappa shape index (κ1) is 17.6. The van der Waals surface area contributed by atoms with Gasteiger partial charge in [0.15, 0.2) is 0 Å². The molecule has 0 aliphatic heterocycles. The molecular formula is C26H15ClN2S. The highest BCUT2D eigenvalue weighted by Gasteiger charge is 2.15. The third-order valence-corrected chi connectivity index (χ3v) is 6.74. The summed E-state index contributed by atoms with van der Waals surface area (Å²) in [7, 11) is 0. The number of halogens is 1. The lowest BCUT2D eigenvalue weighted by molar-refractivity contribution is 1.24. The summed E-state index contributed by atoms with van der Waals surface area (Å²) < 4.78 is 2.26. The van der Waals surface area contributed by atoms with Gasteiger partial charge >= 0.3 is 0 Å². The summed E-state index contributed by atoms with van der Waals surface area (Å²) in [5.41, 5.74) is 5.22. The van der Waals surface area contributed by atoms with Crippen molar-refractivity contribution >= 4 is 54.0 Å². The van der Waals surface area contributed by atoms with Gasteiger partial charge in [-0.05, 0) is 45.6 Å². The van der Waals surface area contributed by atoms with Crippen LogP contribution in [0.4, 0.5) is 0 Å². The molecule has 0 aliphatic carbocycles. The van der Waals surface area contributed by atoms with E-state index in [-0.39, 0.29) is 5.28 Å². The zero-order chi connectivity index (χ0) is 20.1. The van der Waals surface area contributed by atoms with Crippen molar-refractivity contribution in [2.24, 2.45) is 0 Å². The number of hydrogen-bond donors (Lipinski definition) is 0. The summed E-state index contributed by atoms with van der Waals surface area (Å²) in [5, 5.41) is 3.83. The van der Waals surface area contributed by atoms with E-state index in [0.29, 0.717) is 0 Å². The minimum atomic E-state index is 0.275. The predicted molar refractivity (Wildman–Crippen MR) is 128 cm³/mol. The molecule has 2 aromatic heterocycles. The SMILES string of the molecule is Clc1nc(-c2ccc(-c3ccccc3)cc2)c2sc3cc4ccccc4cc3c2n1. The highest BCUT2D eigenvalue weighted by Crippen LogP contribution is 2.40. The minimum absolute atomic E-state index is 0.275. The number of thiophene rings is 1. The fourth-order valence-electron chi connectivity index (χ4n) is 3.95. The molecule has 2 nitrogen and oxygen atoms in total. The lowest BCUT2D eigenvalue weighted by Gasteiger charge is -2.06. The molecule has 0 spiro atoms. The van der Waals surface area contributed by atoms with E-state index in [1.165, 1.54) is 26.6 Å². The molecule has 6 aromatic rings. The third-order valence-electron chi connectivity index (χ3n) is 5.42. The first-order chi connectivity index (χ1) is 14.8. The first-order valence-corrected chi connectivity index (χ1v) is 10.9. The Morgan fingerprint density at radius 3 is 2.03 bits per heavy atom. The van der Waals surface area contributed by atoms with E-state index < -0.39 is 0 Å². The standard InChI is InChI=1S/C26H15ClN2S/c27-26-28-23(18-12-10-17(11-13-18)16-6-2-1-3-7-16)25-24(29-26)21-14-19-8-4-5-9-20(19)15-22(21)30-25/h1-15H. The largest absolute Gasteiger partial charge is 0.223 e. The van der Waals surface area contributed by atoms with Crippen molar-refractivity contribution in [1.82, 2.24) is 9.97 Å². The number of rotatable bonds is 2. The second-order valence-electron chi connectivity index (χ2n) is 7.26. The van der Waals surface area contributed by atoms with Gasteiger partial charge in [0.05, 0.1) is 15.9 Å². The molecule has 0 atom stereocenters. The van der Waals surface area contributed by atoms with E-state index in [1.54, 1.807) is 11.3 Å². The highest BCUT2D eigenvalue weighted by molar-refractivity contribution is 7.26. The summed E-state index contributed by atoms with van der Waals surface area (Å²) in [6.45, 7) is 0. The van der Waals surface area contributed by atoms with Crippen LogP contribution < -0.4 is 0 Å². The van der Waals surface area contributed by atoms with Crippen molar-refractivity contribution in [3.05, 3.63) is 96.3 Å². The van der Waals surface area contributed by atoms with Crippen LogP contribution in [0.1, 0.15) is 0 Å². The Bertz CT molecular complexity index is 1540. The first-order valence-electron chi connectivity index (χ1n) is 9.71. The molecule has 0 N–H and O–H groups in total. The molecule has 6 rings (SSSR count). The van der Waals surface area contributed by atoms with E-state index in [4.69, 9.17) is 11.6 Å². The van der Waals surface area contributed by atoms with Crippen LogP contribution in [-0.4, -0.2) is 9.97 Å². The van der Waals surface area contributed by atoms with Crippen LogP contribution in [0.2, 0.25) is 5.28 Å². The van der Waals surface area contributed by atoms with Crippen LogP contribution in [0.25, 0.3) is 53.5 Å². The smallest absolute Gasteiger partial charge is 0.216 e. The Morgan fingerprint density at radius 1 is 0.633 bits per heavy atom. The lowest BCUT2D eigenvalue weighted by Crippen LogP contribution is -1.89. The quantitative estimate of drug-likeness (QED) is 0.264. The van der Waals surface area contributed by atoms with Gasteiger partial charge in [-0.2, -0.15) is 0 Å². The Kier molecular flexibility index (Phi) is 4.05. The van der Waals surface area contributed by atoms with Crippen molar-refractivity contribution in [2.75, 3.05) is 0 Å². The number of aromatic nitrogens is 2. The molecule has 0 unspecified atom stereocenters. The van der Waals surface area contributed by atoms with Crippen LogP contribution in [0, 0.1) is 0 Å². The fourth-order valence-corrected chi connectivity index (χ4v) is 5.30. The third kappa shape index (κ3) is 2.86. The van der Waals surface area contributed by atoms with Gasteiger partial charge in [0.1, 0.15) is 0 Å². The Balaban J connectivity index is 1.56. The van der Waals surface area contributed by atoms with Gasteiger partial charge < -0.3 is 0 Å². The normalized spacial score (nSPS) is 11.5. The maximum atomic E-state index is 6.36.